The molecule has 1 fully saturated rings. The summed E-state index contributed by atoms with van der Waals surface area (Å²) in [7, 11) is -1.46. The highest BCUT2D eigenvalue weighted by molar-refractivity contribution is 6.43. The molecule has 5 nitrogen and oxygen atoms in total. The highest BCUT2D eigenvalue weighted by Gasteiger charge is 2.44. The van der Waals surface area contributed by atoms with E-state index in [0.717, 1.165) is 5.56 Å². The first-order chi connectivity index (χ1) is 9.79. The normalized spacial score (nSPS) is 22.2. The van der Waals surface area contributed by atoms with E-state index in [1.807, 2.05) is 51.1 Å². The Morgan fingerprint density at radius 3 is 2.43 bits per heavy atom. The van der Waals surface area contributed by atoms with E-state index in [0.29, 0.717) is 13.0 Å². The fourth-order valence-corrected chi connectivity index (χ4v) is 2.73. The Morgan fingerprint density at radius 1 is 1.29 bits per heavy atom. The summed E-state index contributed by atoms with van der Waals surface area (Å²) in [5.74, 6) is -0.403. The van der Waals surface area contributed by atoms with Gasteiger partial charge in [-0.2, -0.15) is 0 Å². The average molecular weight is 291 g/mol. The van der Waals surface area contributed by atoms with Crippen molar-refractivity contribution in [3.63, 3.8) is 0 Å². The van der Waals surface area contributed by atoms with Gasteiger partial charge in [0.2, 0.25) is 0 Å². The molecule has 0 bridgehead atoms. The molecule has 21 heavy (non-hydrogen) atoms. The molecule has 114 valence electrons. The van der Waals surface area contributed by atoms with E-state index in [1.165, 1.54) is 0 Å². The van der Waals surface area contributed by atoms with Crippen LogP contribution in [-0.2, 0) is 4.74 Å². The number of likely N-dealkylation sites (tertiary alicyclic amines) is 1. The molecule has 1 aromatic carbocycles. The molecule has 0 aromatic heterocycles. The number of hydrogen-bond acceptors (Lipinski definition) is 4. The number of rotatable bonds is 2. The van der Waals surface area contributed by atoms with E-state index in [9.17, 15) is 14.8 Å². The van der Waals surface area contributed by atoms with Gasteiger partial charge in [-0.1, -0.05) is 30.3 Å². The molecule has 1 saturated heterocycles. The third kappa shape index (κ3) is 3.77. The molecule has 1 heterocycles. The van der Waals surface area contributed by atoms with Gasteiger partial charge in [0.15, 0.2) is 0 Å². The quantitative estimate of drug-likeness (QED) is 0.820. The van der Waals surface area contributed by atoms with Crippen LogP contribution in [0.4, 0.5) is 4.79 Å². The lowest BCUT2D eigenvalue weighted by Gasteiger charge is -2.30. The van der Waals surface area contributed by atoms with Crippen LogP contribution in [0.3, 0.4) is 0 Å². The van der Waals surface area contributed by atoms with Crippen molar-refractivity contribution < 1.29 is 19.6 Å². The summed E-state index contributed by atoms with van der Waals surface area (Å²) in [5.41, 5.74) is 0.313. The van der Waals surface area contributed by atoms with Crippen molar-refractivity contribution >= 4 is 13.2 Å². The summed E-state index contributed by atoms with van der Waals surface area (Å²) in [6.45, 7) is 5.90. The fraction of sp³-hybridized carbons (Fsp3) is 0.533. The molecule has 0 radical (unpaired) electrons. The van der Waals surface area contributed by atoms with Gasteiger partial charge in [0.1, 0.15) is 5.60 Å². The minimum atomic E-state index is -1.46. The number of amides is 1. The van der Waals surface area contributed by atoms with Gasteiger partial charge in [-0.15, -0.1) is 0 Å². The fourth-order valence-electron chi connectivity index (χ4n) is 2.73. The third-order valence-electron chi connectivity index (χ3n) is 3.60. The van der Waals surface area contributed by atoms with Gasteiger partial charge in [-0.05, 0) is 32.8 Å². The standard InChI is InChI=1S/C15H22BNO4/c1-15(2,3)21-14(18)17-10-9-12(16(19)20)13(17)11-7-5-4-6-8-11/h4-8,12-13,19-20H,9-10H2,1-3H3. The van der Waals surface area contributed by atoms with Gasteiger partial charge in [0.25, 0.3) is 0 Å². The smallest absolute Gasteiger partial charge is 0.444 e. The van der Waals surface area contributed by atoms with Crippen molar-refractivity contribution in [2.45, 2.75) is 44.7 Å². The maximum atomic E-state index is 12.4. The van der Waals surface area contributed by atoms with Crippen LogP contribution in [0.5, 0.6) is 0 Å². The largest absolute Gasteiger partial charge is 0.457 e. The predicted octanol–water partition coefficient (Wildman–Crippen LogP) is 2.21. The molecule has 6 heteroatoms. The molecule has 2 atom stereocenters. The van der Waals surface area contributed by atoms with Gasteiger partial charge in [-0.3, -0.25) is 0 Å². The van der Waals surface area contributed by atoms with E-state index >= 15 is 0 Å². The van der Waals surface area contributed by atoms with Crippen LogP contribution in [0, 0.1) is 0 Å². The lowest BCUT2D eigenvalue weighted by Crippen LogP contribution is -2.38. The summed E-state index contributed by atoms with van der Waals surface area (Å²) in [6, 6.07) is 9.05. The Labute approximate surface area is 125 Å². The Morgan fingerprint density at radius 2 is 1.90 bits per heavy atom. The Hall–Kier alpha value is -1.53. The SMILES string of the molecule is CC(C)(C)OC(=O)N1CCC(B(O)O)C1c1ccccc1. The van der Waals surface area contributed by atoms with Crippen molar-refractivity contribution in [3.05, 3.63) is 35.9 Å². The number of hydrogen-bond donors (Lipinski definition) is 2. The summed E-state index contributed by atoms with van der Waals surface area (Å²) < 4.78 is 5.43. The van der Waals surface area contributed by atoms with Gasteiger partial charge in [0, 0.05) is 12.4 Å². The first-order valence-corrected chi connectivity index (χ1v) is 7.20. The maximum Gasteiger partial charge on any atom is 0.457 e. The number of nitrogens with zero attached hydrogens (tertiary/aromatic N) is 1. The zero-order valence-corrected chi connectivity index (χ0v) is 12.7. The molecule has 1 aromatic rings. The van der Waals surface area contributed by atoms with Crippen molar-refractivity contribution in [2.75, 3.05) is 6.54 Å². The first-order valence-electron chi connectivity index (χ1n) is 7.20. The molecule has 2 rings (SSSR count). The molecule has 0 spiro atoms. The van der Waals surface area contributed by atoms with Crippen molar-refractivity contribution in [1.82, 2.24) is 4.90 Å². The van der Waals surface area contributed by atoms with E-state index in [2.05, 4.69) is 0 Å². The molecule has 1 aliphatic rings. The van der Waals surface area contributed by atoms with Crippen LogP contribution in [0.2, 0.25) is 5.82 Å². The number of ether oxygens (including phenoxy) is 1. The zero-order valence-electron chi connectivity index (χ0n) is 12.7. The van der Waals surface area contributed by atoms with Crippen LogP contribution in [0.25, 0.3) is 0 Å². The lowest BCUT2D eigenvalue weighted by atomic mass is 9.67. The molecular weight excluding hydrogens is 269 g/mol. The second-order valence-electron chi connectivity index (χ2n) is 6.40. The van der Waals surface area contributed by atoms with E-state index in [1.54, 1.807) is 4.90 Å². The summed E-state index contributed by atoms with van der Waals surface area (Å²) in [6.07, 6.45) is 0.121. The molecule has 0 saturated carbocycles. The van der Waals surface area contributed by atoms with Crippen LogP contribution < -0.4 is 0 Å². The Bertz CT molecular complexity index is 486. The highest BCUT2D eigenvalue weighted by Crippen LogP contribution is 2.42. The third-order valence-corrected chi connectivity index (χ3v) is 3.60. The summed E-state index contributed by atoms with van der Waals surface area (Å²) in [5, 5.41) is 19.2. The van der Waals surface area contributed by atoms with Crippen LogP contribution in [0.1, 0.15) is 38.8 Å². The molecule has 1 aliphatic heterocycles. The molecule has 2 unspecified atom stereocenters. The monoisotopic (exact) mass is 291 g/mol. The van der Waals surface area contributed by atoms with Crippen LogP contribution >= 0.6 is 0 Å². The minimum Gasteiger partial charge on any atom is -0.444 e. The molecule has 2 N–H and O–H groups in total. The Balaban J connectivity index is 2.26. The van der Waals surface area contributed by atoms with Crippen molar-refractivity contribution in [1.29, 1.82) is 0 Å². The second-order valence-corrected chi connectivity index (χ2v) is 6.40. The molecule has 0 aliphatic carbocycles. The number of carbonyl (C=O) groups is 1. The van der Waals surface area contributed by atoms with E-state index in [4.69, 9.17) is 4.74 Å². The van der Waals surface area contributed by atoms with E-state index in [-0.39, 0.29) is 6.04 Å². The minimum absolute atomic E-state index is 0.374. The van der Waals surface area contributed by atoms with Crippen LogP contribution in [0.15, 0.2) is 30.3 Å². The maximum absolute atomic E-state index is 12.4. The number of benzene rings is 1. The highest BCUT2D eigenvalue weighted by atomic mass is 16.6. The molecular formula is C15H22BNO4. The topological polar surface area (TPSA) is 70.0 Å². The predicted molar refractivity (Wildman–Crippen MR) is 80.7 cm³/mol. The first kappa shape index (κ1) is 15.9. The van der Waals surface area contributed by atoms with Gasteiger partial charge in [-0.25, -0.2) is 4.79 Å². The number of carbonyl (C=O) groups excluding carboxylic acids is 1. The average Bonchev–Trinajstić information content (AvgIpc) is 2.82. The summed E-state index contributed by atoms with van der Waals surface area (Å²) >= 11 is 0. The van der Waals surface area contributed by atoms with Crippen molar-refractivity contribution in [3.8, 4) is 0 Å². The van der Waals surface area contributed by atoms with Gasteiger partial charge < -0.3 is 19.7 Å². The van der Waals surface area contributed by atoms with E-state index < -0.39 is 24.6 Å². The second kappa shape index (κ2) is 6.07. The zero-order chi connectivity index (χ0) is 15.6. The lowest BCUT2D eigenvalue weighted by molar-refractivity contribution is 0.0222. The Kier molecular flexibility index (Phi) is 4.59. The van der Waals surface area contributed by atoms with Gasteiger partial charge in [0.05, 0.1) is 6.04 Å². The summed E-state index contributed by atoms with van der Waals surface area (Å²) in [4.78, 5) is 13.9. The van der Waals surface area contributed by atoms with Gasteiger partial charge >= 0.3 is 13.2 Å². The van der Waals surface area contributed by atoms with Crippen molar-refractivity contribution in [2.24, 2.45) is 0 Å². The molecule has 1 amide bonds. The van der Waals surface area contributed by atoms with Crippen LogP contribution in [-0.4, -0.2) is 40.3 Å².